The van der Waals surface area contributed by atoms with E-state index < -0.39 is 5.97 Å². The van der Waals surface area contributed by atoms with Gasteiger partial charge in [-0.15, -0.1) is 11.3 Å². The van der Waals surface area contributed by atoms with Gasteiger partial charge in [0.2, 0.25) is 11.0 Å². The van der Waals surface area contributed by atoms with Crippen molar-refractivity contribution in [2.24, 2.45) is 0 Å². The molecule has 0 saturated heterocycles. The molecule has 1 aromatic carbocycles. The first kappa shape index (κ1) is 13.3. The van der Waals surface area contributed by atoms with E-state index in [4.69, 9.17) is 5.11 Å². The van der Waals surface area contributed by atoms with Gasteiger partial charge in [0.1, 0.15) is 5.82 Å². The Morgan fingerprint density at radius 2 is 2.00 bits per heavy atom. The second kappa shape index (κ2) is 4.98. The Hall–Kier alpha value is -2.74. The number of carbonyl (C=O) groups is 1. The van der Waals surface area contributed by atoms with Crippen molar-refractivity contribution in [2.75, 3.05) is 0 Å². The van der Waals surface area contributed by atoms with E-state index in [2.05, 4.69) is 10.1 Å². The van der Waals surface area contributed by atoms with Gasteiger partial charge in [-0.3, -0.25) is 0 Å². The average Bonchev–Trinajstić information content (AvgIpc) is 3.06. The maximum atomic E-state index is 12.9. The van der Waals surface area contributed by atoms with Gasteiger partial charge in [0.25, 0.3) is 0 Å². The molecule has 0 atom stereocenters. The van der Waals surface area contributed by atoms with Crippen LogP contribution in [-0.4, -0.2) is 30.9 Å². The summed E-state index contributed by atoms with van der Waals surface area (Å²) in [6.45, 7) is 0. The summed E-state index contributed by atoms with van der Waals surface area (Å²) in [7, 11) is 0. The molecule has 8 heteroatoms. The molecular formula is C13H8FN3O3S. The third kappa shape index (κ3) is 2.48. The summed E-state index contributed by atoms with van der Waals surface area (Å²) in [4.78, 5) is 14.7. The highest BCUT2D eigenvalue weighted by molar-refractivity contribution is 7.12. The molecule has 6 nitrogen and oxygen atoms in total. The third-order valence-electron chi connectivity index (χ3n) is 2.72. The molecule has 0 fully saturated rings. The van der Waals surface area contributed by atoms with Crippen LogP contribution in [0.4, 0.5) is 4.39 Å². The second-order valence-corrected chi connectivity index (χ2v) is 4.96. The summed E-state index contributed by atoms with van der Waals surface area (Å²) < 4.78 is 14.0. The van der Waals surface area contributed by atoms with Crippen molar-refractivity contribution in [3.8, 4) is 22.3 Å². The van der Waals surface area contributed by atoms with Crippen LogP contribution < -0.4 is 0 Å². The minimum absolute atomic E-state index is 0.117. The molecule has 0 radical (unpaired) electrons. The van der Waals surface area contributed by atoms with Crippen LogP contribution in [0, 0.1) is 5.82 Å². The molecule has 106 valence electrons. The van der Waals surface area contributed by atoms with Gasteiger partial charge >= 0.3 is 5.97 Å². The lowest BCUT2D eigenvalue weighted by atomic mass is 10.1. The number of nitrogens with zero attached hydrogens (tertiary/aromatic N) is 3. The zero-order valence-electron chi connectivity index (χ0n) is 10.4. The lowest BCUT2D eigenvalue weighted by Crippen LogP contribution is -1.99. The maximum absolute atomic E-state index is 12.9. The lowest BCUT2D eigenvalue weighted by Gasteiger charge is -1.97. The Bertz CT molecular complexity index is 810. The number of carboxylic acid groups (broad SMARTS) is 1. The second-order valence-electron chi connectivity index (χ2n) is 4.13. The fraction of sp³-hybridized carbons (Fsp3) is 0. The zero-order chi connectivity index (χ0) is 15.0. The Morgan fingerprint density at radius 3 is 2.62 bits per heavy atom. The smallest absolute Gasteiger partial charge is 0.355 e. The van der Waals surface area contributed by atoms with E-state index in [-0.39, 0.29) is 22.5 Å². The number of hydrogen-bond acceptors (Lipinski definition) is 5. The summed E-state index contributed by atoms with van der Waals surface area (Å²) in [5.41, 5.74) is 0.938. The first-order chi connectivity index (χ1) is 10.0. The van der Waals surface area contributed by atoms with Crippen molar-refractivity contribution in [3.63, 3.8) is 0 Å². The first-order valence-corrected chi connectivity index (χ1v) is 6.67. The van der Waals surface area contributed by atoms with Crippen molar-refractivity contribution < 1.29 is 19.4 Å². The van der Waals surface area contributed by atoms with Gasteiger partial charge in [-0.05, 0) is 24.3 Å². The lowest BCUT2D eigenvalue weighted by molar-refractivity contribution is 0.0691. The fourth-order valence-corrected chi connectivity index (χ4v) is 2.49. The van der Waals surface area contributed by atoms with Crippen LogP contribution >= 0.6 is 11.3 Å². The highest BCUT2D eigenvalue weighted by atomic mass is 32.1. The molecule has 0 aliphatic heterocycles. The van der Waals surface area contributed by atoms with Gasteiger partial charge in [0.05, 0.1) is 5.69 Å². The molecule has 0 saturated carbocycles. The highest BCUT2D eigenvalue weighted by Crippen LogP contribution is 2.26. The van der Waals surface area contributed by atoms with Crippen molar-refractivity contribution in [2.45, 2.75) is 0 Å². The summed E-state index contributed by atoms with van der Waals surface area (Å²) >= 11 is 1.04. The quantitative estimate of drug-likeness (QED) is 0.776. The van der Waals surface area contributed by atoms with E-state index in [1.807, 2.05) is 0 Å². The van der Waals surface area contributed by atoms with E-state index in [0.29, 0.717) is 11.3 Å². The fourth-order valence-electron chi connectivity index (χ4n) is 1.73. The van der Waals surface area contributed by atoms with Crippen LogP contribution in [0.1, 0.15) is 10.5 Å². The highest BCUT2D eigenvalue weighted by Gasteiger charge is 2.15. The molecule has 0 amide bonds. The van der Waals surface area contributed by atoms with Crippen LogP contribution in [0.5, 0.6) is 5.88 Å². The van der Waals surface area contributed by atoms with E-state index in [9.17, 15) is 14.3 Å². The normalized spacial score (nSPS) is 10.7. The van der Waals surface area contributed by atoms with Crippen molar-refractivity contribution in [1.29, 1.82) is 0 Å². The van der Waals surface area contributed by atoms with Crippen LogP contribution in [0.15, 0.2) is 35.7 Å². The minimum atomic E-state index is -1.15. The maximum Gasteiger partial charge on any atom is 0.355 e. The van der Waals surface area contributed by atoms with Gasteiger partial charge in [-0.25, -0.2) is 14.2 Å². The Kier molecular flexibility index (Phi) is 3.15. The molecule has 2 heterocycles. The topological polar surface area (TPSA) is 88.2 Å². The largest absolute Gasteiger partial charge is 0.493 e. The molecule has 0 unspecified atom stereocenters. The number of aromatic nitrogens is 3. The summed E-state index contributed by atoms with van der Waals surface area (Å²) in [6.07, 6.45) is 0. The molecular weight excluding hydrogens is 297 g/mol. The molecule has 2 N–H and O–H groups in total. The van der Waals surface area contributed by atoms with Crippen LogP contribution in [-0.2, 0) is 0 Å². The van der Waals surface area contributed by atoms with E-state index in [0.717, 1.165) is 16.0 Å². The Balaban J connectivity index is 2.00. The molecule has 2 aromatic heterocycles. The number of halogens is 1. The van der Waals surface area contributed by atoms with Crippen molar-refractivity contribution in [1.82, 2.24) is 14.8 Å². The molecule has 0 aliphatic carbocycles. The number of rotatable bonds is 3. The SMILES string of the molecule is O=C(O)c1csc(-n2nc(-c3ccc(F)cc3)cc2O)n1. The summed E-state index contributed by atoms with van der Waals surface area (Å²) in [6, 6.07) is 7.04. The zero-order valence-corrected chi connectivity index (χ0v) is 11.2. The number of thiazole rings is 1. The van der Waals surface area contributed by atoms with Crippen LogP contribution in [0.2, 0.25) is 0 Å². The number of aromatic hydroxyl groups is 1. The van der Waals surface area contributed by atoms with Gasteiger partial charge in [-0.1, -0.05) is 0 Å². The van der Waals surface area contributed by atoms with E-state index in [1.54, 1.807) is 0 Å². The third-order valence-corrected chi connectivity index (χ3v) is 3.54. The predicted octanol–water partition coefficient (Wildman–Crippen LogP) is 2.54. The van der Waals surface area contributed by atoms with Gasteiger partial charge < -0.3 is 10.2 Å². The first-order valence-electron chi connectivity index (χ1n) is 5.79. The molecule has 3 aromatic rings. The van der Waals surface area contributed by atoms with Gasteiger partial charge in [0, 0.05) is 17.0 Å². The van der Waals surface area contributed by atoms with Gasteiger partial charge in [-0.2, -0.15) is 9.78 Å². The molecule has 0 bridgehead atoms. The average molecular weight is 305 g/mol. The standard InChI is InChI=1S/C13H8FN3O3S/c14-8-3-1-7(2-4-8)9-5-11(18)17(16-9)13-15-10(6-21-13)12(19)20/h1-6,18H,(H,19,20). The number of carboxylic acids is 1. The molecule has 21 heavy (non-hydrogen) atoms. The van der Waals surface area contributed by atoms with Crippen molar-refractivity contribution >= 4 is 17.3 Å². The van der Waals surface area contributed by atoms with Crippen LogP contribution in [0.3, 0.4) is 0 Å². The van der Waals surface area contributed by atoms with E-state index >= 15 is 0 Å². The monoisotopic (exact) mass is 305 g/mol. The Labute approximate surface area is 121 Å². The number of hydrogen-bond donors (Lipinski definition) is 2. The summed E-state index contributed by atoms with van der Waals surface area (Å²) in [5, 5.41) is 24.5. The Morgan fingerprint density at radius 1 is 1.29 bits per heavy atom. The van der Waals surface area contributed by atoms with Crippen LogP contribution in [0.25, 0.3) is 16.4 Å². The molecule has 3 rings (SSSR count). The van der Waals surface area contributed by atoms with E-state index in [1.165, 1.54) is 35.7 Å². The molecule has 0 aliphatic rings. The minimum Gasteiger partial charge on any atom is -0.493 e. The van der Waals surface area contributed by atoms with Crippen molar-refractivity contribution in [3.05, 3.63) is 47.2 Å². The van der Waals surface area contributed by atoms with Gasteiger partial charge in [0.15, 0.2) is 5.69 Å². The number of aromatic carboxylic acids is 1. The number of benzene rings is 1. The summed E-state index contributed by atoms with van der Waals surface area (Å²) in [5.74, 6) is -1.70. The predicted molar refractivity (Wildman–Crippen MR) is 73.3 cm³/mol. The molecule has 0 spiro atoms.